The van der Waals surface area contributed by atoms with Crippen LogP contribution in [0.1, 0.15) is 19.8 Å². The van der Waals surface area contributed by atoms with Crippen molar-refractivity contribution in [2.24, 2.45) is 0 Å². The van der Waals surface area contributed by atoms with Crippen LogP contribution in [-0.2, 0) is 0 Å². The van der Waals surface area contributed by atoms with Crippen molar-refractivity contribution in [1.82, 2.24) is 0 Å². The second kappa shape index (κ2) is 8.84. The van der Waals surface area contributed by atoms with E-state index in [0.29, 0.717) is 0 Å². The Hall–Kier alpha value is -0.333. The van der Waals surface area contributed by atoms with E-state index in [9.17, 15) is 0 Å². The Balaban J connectivity index is 0.000000359. The maximum absolute atomic E-state index is 3.60. The Kier molecular flexibility index (Phi) is 7.84. The molecule has 2 aromatic rings. The number of para-hydroxylation sites is 2. The molecule has 20 heavy (non-hydrogen) atoms. The molecular weight excluding hydrogens is 325 g/mol. The number of anilines is 2. The van der Waals surface area contributed by atoms with Crippen molar-refractivity contribution in [2.45, 2.75) is 29.6 Å². The summed E-state index contributed by atoms with van der Waals surface area (Å²) in [4.78, 5) is 2.55. The van der Waals surface area contributed by atoms with Crippen LogP contribution >= 0.6 is 27.7 Å². The molecule has 0 aromatic heterocycles. The number of benzene rings is 2. The minimum atomic E-state index is 0. The second-order valence-corrected chi connectivity index (χ2v) is 6.13. The zero-order valence-electron chi connectivity index (χ0n) is 11.9. The van der Waals surface area contributed by atoms with Crippen molar-refractivity contribution in [1.29, 1.82) is 0 Å². The molecule has 1 aliphatic heterocycles. The minimum Gasteiger partial charge on any atom is -0.353 e. The quantitative estimate of drug-likeness (QED) is 0.538. The van der Waals surface area contributed by atoms with Gasteiger partial charge in [0.1, 0.15) is 0 Å². The molecule has 0 fully saturated rings. The van der Waals surface area contributed by atoms with Gasteiger partial charge in [-0.25, -0.2) is 0 Å². The molecule has 0 amide bonds. The van der Waals surface area contributed by atoms with E-state index < -0.39 is 0 Å². The molecule has 2 aromatic carbocycles. The first-order valence-corrected chi connectivity index (χ1v) is 7.99. The second-order valence-electron chi connectivity index (χ2n) is 4.19. The van der Waals surface area contributed by atoms with Crippen LogP contribution in [0.5, 0.6) is 0 Å². The van der Waals surface area contributed by atoms with Crippen molar-refractivity contribution in [3.8, 4) is 0 Å². The van der Waals surface area contributed by atoms with E-state index in [1.807, 2.05) is 6.07 Å². The van der Waals surface area contributed by atoms with Crippen LogP contribution in [0.25, 0.3) is 0 Å². The maximum atomic E-state index is 3.60. The Labute approximate surface area is 146 Å². The predicted octanol–water partition coefficient (Wildman–Crippen LogP) is 3.28. The van der Waals surface area contributed by atoms with Crippen LogP contribution in [0.3, 0.4) is 0 Å². The standard InChI is InChI=1S/C12H8BrNS.C4H9.Li/c13-8-4-3-7-11-12(8)14-9-5-1-2-6-10(9)15-11;1-3-4-2;/h1-7,14H;1,3-4H2,2H3;/q;-1;+1. The van der Waals surface area contributed by atoms with Gasteiger partial charge in [-0.3, -0.25) is 0 Å². The SMILES string of the molecule is Brc1cccc2c1Nc1ccccc1S2.[CH2-]CCC.[Li+]. The molecular formula is C16H17BrLiNS. The van der Waals surface area contributed by atoms with Crippen LogP contribution in [-0.4, -0.2) is 0 Å². The van der Waals surface area contributed by atoms with Gasteiger partial charge in [-0.05, 0) is 40.2 Å². The topological polar surface area (TPSA) is 12.0 Å². The van der Waals surface area contributed by atoms with E-state index in [2.05, 4.69) is 71.5 Å². The summed E-state index contributed by atoms with van der Waals surface area (Å²) in [7, 11) is 0. The molecule has 100 valence electrons. The number of nitrogens with one attached hydrogen (secondary N) is 1. The smallest absolute Gasteiger partial charge is 0.353 e. The van der Waals surface area contributed by atoms with E-state index in [1.54, 1.807) is 11.8 Å². The van der Waals surface area contributed by atoms with Gasteiger partial charge in [0.15, 0.2) is 0 Å². The normalized spacial score (nSPS) is 10.9. The van der Waals surface area contributed by atoms with Gasteiger partial charge in [0.05, 0.1) is 11.4 Å². The van der Waals surface area contributed by atoms with Crippen LogP contribution in [0.2, 0.25) is 0 Å². The van der Waals surface area contributed by atoms with Gasteiger partial charge in [-0.2, -0.15) is 6.42 Å². The summed E-state index contributed by atoms with van der Waals surface area (Å²) in [6.07, 6.45) is 2.28. The van der Waals surface area contributed by atoms with Crippen LogP contribution in [0.4, 0.5) is 11.4 Å². The molecule has 4 heteroatoms. The Morgan fingerprint density at radius 1 is 1.10 bits per heavy atom. The molecule has 1 heterocycles. The zero-order chi connectivity index (χ0) is 13.7. The largest absolute Gasteiger partial charge is 1.00 e. The van der Waals surface area contributed by atoms with Gasteiger partial charge in [0.25, 0.3) is 0 Å². The summed E-state index contributed by atoms with van der Waals surface area (Å²) in [5.41, 5.74) is 2.35. The summed E-state index contributed by atoms with van der Waals surface area (Å²) in [6.45, 7) is 5.72. The van der Waals surface area contributed by atoms with Crippen LogP contribution in [0.15, 0.2) is 56.7 Å². The third-order valence-electron chi connectivity index (χ3n) is 2.70. The number of halogens is 1. The number of hydrogen-bond donors (Lipinski definition) is 1. The first kappa shape index (κ1) is 17.7. The fraction of sp³-hybridized carbons (Fsp3) is 0.188. The van der Waals surface area contributed by atoms with E-state index in [0.717, 1.165) is 10.9 Å². The molecule has 3 rings (SSSR count). The molecule has 0 bridgehead atoms. The van der Waals surface area contributed by atoms with Crippen molar-refractivity contribution in [3.05, 3.63) is 53.9 Å². The van der Waals surface area contributed by atoms with Gasteiger partial charge in [0.2, 0.25) is 0 Å². The average molecular weight is 342 g/mol. The monoisotopic (exact) mass is 341 g/mol. The summed E-state index contributed by atoms with van der Waals surface area (Å²) in [5, 5.41) is 3.44. The molecule has 0 aliphatic carbocycles. The molecule has 0 unspecified atom stereocenters. The van der Waals surface area contributed by atoms with E-state index in [4.69, 9.17) is 0 Å². The third kappa shape index (κ3) is 4.33. The fourth-order valence-corrected chi connectivity index (χ4v) is 3.24. The summed E-state index contributed by atoms with van der Waals surface area (Å²) in [6, 6.07) is 14.6. The van der Waals surface area contributed by atoms with Gasteiger partial charge in [0, 0.05) is 14.3 Å². The number of unbranched alkanes of at least 4 members (excludes halogenated alkanes) is 1. The van der Waals surface area contributed by atoms with Crippen LogP contribution in [0, 0.1) is 6.92 Å². The Morgan fingerprint density at radius 2 is 1.75 bits per heavy atom. The van der Waals surface area contributed by atoms with E-state index in [1.165, 1.54) is 27.6 Å². The van der Waals surface area contributed by atoms with Crippen molar-refractivity contribution in [3.63, 3.8) is 0 Å². The summed E-state index contributed by atoms with van der Waals surface area (Å²) >= 11 is 5.36. The van der Waals surface area contributed by atoms with Gasteiger partial charge < -0.3 is 12.2 Å². The van der Waals surface area contributed by atoms with E-state index in [-0.39, 0.29) is 18.9 Å². The van der Waals surface area contributed by atoms with Crippen molar-refractivity contribution >= 4 is 39.1 Å². The van der Waals surface area contributed by atoms with Gasteiger partial charge in [-0.15, -0.1) is 0 Å². The molecule has 1 nitrogen and oxygen atoms in total. The Bertz CT molecular complexity index is 558. The van der Waals surface area contributed by atoms with Crippen LogP contribution < -0.4 is 24.2 Å². The maximum Gasteiger partial charge on any atom is 1.00 e. The molecule has 0 atom stereocenters. The Morgan fingerprint density at radius 3 is 2.45 bits per heavy atom. The zero-order valence-corrected chi connectivity index (χ0v) is 14.4. The summed E-state index contributed by atoms with van der Waals surface area (Å²) in [5.74, 6) is 0. The number of hydrogen-bond acceptors (Lipinski definition) is 2. The van der Waals surface area contributed by atoms with Gasteiger partial charge in [-0.1, -0.05) is 43.3 Å². The minimum absolute atomic E-state index is 0. The number of rotatable bonds is 1. The average Bonchev–Trinajstić information content (AvgIpc) is 2.46. The molecule has 0 saturated heterocycles. The number of fused-ring (bicyclic) bond motifs is 2. The molecule has 0 saturated carbocycles. The van der Waals surface area contributed by atoms with Gasteiger partial charge >= 0.3 is 18.9 Å². The third-order valence-corrected chi connectivity index (χ3v) is 4.49. The first-order chi connectivity index (χ1) is 9.26. The molecule has 1 N–H and O–H groups in total. The predicted molar refractivity (Wildman–Crippen MR) is 88.3 cm³/mol. The molecule has 1 aliphatic rings. The molecule has 0 spiro atoms. The summed E-state index contributed by atoms with van der Waals surface area (Å²) < 4.78 is 1.11. The molecule has 0 radical (unpaired) electrons. The van der Waals surface area contributed by atoms with Crippen molar-refractivity contribution < 1.29 is 18.9 Å². The fourth-order valence-electron chi connectivity index (χ4n) is 1.62. The van der Waals surface area contributed by atoms with Crippen molar-refractivity contribution in [2.75, 3.05) is 5.32 Å². The van der Waals surface area contributed by atoms with E-state index >= 15 is 0 Å². The first-order valence-electron chi connectivity index (χ1n) is 6.38.